The Balaban J connectivity index is 1.73. The third-order valence-corrected chi connectivity index (χ3v) is 13.1. The van der Waals surface area contributed by atoms with Crippen LogP contribution in [0.4, 0.5) is 0 Å². The highest BCUT2D eigenvalue weighted by Crippen LogP contribution is 2.59. The van der Waals surface area contributed by atoms with E-state index in [-0.39, 0.29) is 5.66 Å². The van der Waals surface area contributed by atoms with Crippen LogP contribution in [0.3, 0.4) is 0 Å². The number of hydrogen-bond acceptors (Lipinski definition) is 2. The smallest absolute Gasteiger partial charge is 0.146 e. The lowest BCUT2D eigenvalue weighted by atomic mass is 10.2. The lowest BCUT2D eigenvalue weighted by Gasteiger charge is -2.30. The summed E-state index contributed by atoms with van der Waals surface area (Å²) in [5.41, 5.74) is 1.89. The third kappa shape index (κ3) is 5.64. The van der Waals surface area contributed by atoms with Crippen LogP contribution in [0.1, 0.15) is 18.1 Å². The second-order valence-corrected chi connectivity index (χ2v) is 15.1. The minimum absolute atomic E-state index is 0.249. The van der Waals surface area contributed by atoms with Crippen LogP contribution < -0.4 is 10.6 Å². The van der Waals surface area contributed by atoms with Gasteiger partial charge >= 0.3 is 0 Å². The average Bonchev–Trinajstić information content (AvgIpc) is 2.85. The highest BCUT2D eigenvalue weighted by Gasteiger charge is 2.38. The lowest BCUT2D eigenvalue weighted by Crippen LogP contribution is -2.26. The molecule has 0 radical (unpaired) electrons. The Hall–Kier alpha value is -2.66. The molecule has 0 bridgehead atoms. The molecule has 0 aliphatic rings. The standard InChI is InChI=1S/C29H30O2P2/c1-25(33(31,28-18-10-4-11-19-28)29-20-12-5-13-21-29)22-32(30,23-26-14-6-2-7-15-26)24-27-16-8-3-9-17-27/h2-21,25H,22-24H2,1H3/t25-/m1/s1. The van der Waals surface area contributed by atoms with Crippen LogP contribution in [0.25, 0.3) is 0 Å². The van der Waals surface area contributed by atoms with Crippen LogP contribution in [0.2, 0.25) is 0 Å². The molecule has 168 valence electrons. The molecule has 0 saturated heterocycles. The van der Waals surface area contributed by atoms with Crippen LogP contribution in [0.5, 0.6) is 0 Å². The molecule has 1 atom stereocenters. The van der Waals surface area contributed by atoms with Crippen molar-refractivity contribution in [1.29, 1.82) is 0 Å². The largest absolute Gasteiger partial charge is 0.323 e. The average molecular weight is 473 g/mol. The quantitative estimate of drug-likeness (QED) is 0.242. The molecule has 0 aromatic heterocycles. The summed E-state index contributed by atoms with van der Waals surface area (Å²) in [6.45, 7) is 2.02. The summed E-state index contributed by atoms with van der Waals surface area (Å²) in [7, 11) is -5.72. The van der Waals surface area contributed by atoms with Gasteiger partial charge in [-0.1, -0.05) is 128 Å². The van der Waals surface area contributed by atoms with Gasteiger partial charge in [0.25, 0.3) is 0 Å². The molecule has 0 spiro atoms. The van der Waals surface area contributed by atoms with E-state index in [0.29, 0.717) is 18.5 Å². The van der Waals surface area contributed by atoms with E-state index in [1.54, 1.807) is 0 Å². The SMILES string of the molecule is C[C@H](CP(=O)(Cc1ccccc1)Cc1ccccc1)P(=O)(c1ccccc1)c1ccccc1. The Bertz CT molecular complexity index is 1150. The second kappa shape index (κ2) is 10.5. The van der Waals surface area contributed by atoms with E-state index in [0.717, 1.165) is 21.7 Å². The molecule has 0 fully saturated rings. The molecule has 0 aliphatic carbocycles. The molecule has 0 heterocycles. The van der Waals surface area contributed by atoms with E-state index in [1.165, 1.54) is 0 Å². The molecular weight excluding hydrogens is 442 g/mol. The van der Waals surface area contributed by atoms with Crippen LogP contribution in [0, 0.1) is 0 Å². The van der Waals surface area contributed by atoms with E-state index >= 15 is 0 Å². The number of rotatable bonds is 9. The van der Waals surface area contributed by atoms with Gasteiger partial charge in [-0.15, -0.1) is 0 Å². The van der Waals surface area contributed by atoms with Gasteiger partial charge < -0.3 is 9.13 Å². The minimum Gasteiger partial charge on any atom is -0.323 e. The Kier molecular flexibility index (Phi) is 7.49. The van der Waals surface area contributed by atoms with Gasteiger partial charge in [0.15, 0.2) is 0 Å². The number of benzene rings is 4. The Morgan fingerprint density at radius 2 is 0.879 bits per heavy atom. The number of hydrogen-bond donors (Lipinski definition) is 0. The van der Waals surface area contributed by atoms with E-state index in [4.69, 9.17) is 0 Å². The Morgan fingerprint density at radius 1 is 0.545 bits per heavy atom. The molecule has 0 unspecified atom stereocenters. The van der Waals surface area contributed by atoms with Crippen molar-refractivity contribution in [3.8, 4) is 0 Å². The predicted molar refractivity (Wildman–Crippen MR) is 142 cm³/mol. The summed E-state index contributed by atoms with van der Waals surface area (Å²) in [5.74, 6) is 0. The van der Waals surface area contributed by atoms with Crippen molar-refractivity contribution in [3.05, 3.63) is 132 Å². The first-order chi connectivity index (χ1) is 16.0. The normalized spacial score (nSPS) is 12.9. The van der Waals surface area contributed by atoms with Crippen molar-refractivity contribution in [2.24, 2.45) is 0 Å². The summed E-state index contributed by atoms with van der Waals surface area (Å²) in [6, 6.07) is 39.5. The Labute approximate surface area is 197 Å². The highest BCUT2D eigenvalue weighted by atomic mass is 31.2. The predicted octanol–water partition coefficient (Wildman–Crippen LogP) is 7.15. The van der Waals surface area contributed by atoms with Gasteiger partial charge in [-0.3, -0.25) is 0 Å². The first-order valence-corrected chi connectivity index (χ1v) is 15.4. The van der Waals surface area contributed by atoms with Crippen molar-refractivity contribution in [2.75, 3.05) is 6.16 Å². The van der Waals surface area contributed by atoms with Crippen molar-refractivity contribution in [2.45, 2.75) is 24.9 Å². The maximum absolute atomic E-state index is 14.8. The topological polar surface area (TPSA) is 34.1 Å². The first kappa shape index (κ1) is 23.5. The van der Waals surface area contributed by atoms with Crippen LogP contribution in [0.15, 0.2) is 121 Å². The lowest BCUT2D eigenvalue weighted by molar-refractivity contribution is 0.566. The van der Waals surface area contributed by atoms with E-state index in [9.17, 15) is 9.13 Å². The van der Waals surface area contributed by atoms with Crippen LogP contribution >= 0.6 is 14.3 Å². The van der Waals surface area contributed by atoms with Crippen molar-refractivity contribution in [3.63, 3.8) is 0 Å². The van der Waals surface area contributed by atoms with Crippen LogP contribution in [-0.2, 0) is 21.5 Å². The molecule has 0 amide bonds. The van der Waals surface area contributed by atoms with Crippen molar-refractivity contribution >= 4 is 24.9 Å². The molecular formula is C29H30O2P2. The fourth-order valence-electron chi connectivity index (χ4n) is 4.57. The zero-order valence-electron chi connectivity index (χ0n) is 19.0. The van der Waals surface area contributed by atoms with Gasteiger partial charge in [0.2, 0.25) is 0 Å². The molecule has 0 aliphatic heterocycles. The van der Waals surface area contributed by atoms with Gasteiger partial charge in [-0.25, -0.2) is 0 Å². The first-order valence-electron chi connectivity index (χ1n) is 11.4. The summed E-state index contributed by atoms with van der Waals surface area (Å²) < 4.78 is 29.3. The maximum Gasteiger partial charge on any atom is 0.146 e. The molecule has 33 heavy (non-hydrogen) atoms. The summed E-state index contributed by atoms with van der Waals surface area (Å²) >= 11 is 0. The van der Waals surface area contributed by atoms with Crippen molar-refractivity contribution < 1.29 is 9.13 Å². The zero-order valence-corrected chi connectivity index (χ0v) is 20.7. The second-order valence-electron chi connectivity index (χ2n) is 8.71. The van der Waals surface area contributed by atoms with E-state index in [1.807, 2.05) is 128 Å². The highest BCUT2D eigenvalue weighted by molar-refractivity contribution is 7.80. The fourth-order valence-corrected chi connectivity index (χ4v) is 12.0. The van der Waals surface area contributed by atoms with Gasteiger partial charge in [-0.2, -0.15) is 0 Å². The van der Waals surface area contributed by atoms with Gasteiger partial charge in [-0.05, 0) is 11.1 Å². The Morgan fingerprint density at radius 3 is 1.24 bits per heavy atom. The minimum atomic E-state index is -2.99. The zero-order chi connectivity index (χ0) is 23.2. The van der Waals surface area contributed by atoms with E-state index in [2.05, 4.69) is 0 Å². The third-order valence-electron chi connectivity index (χ3n) is 6.12. The molecule has 4 aromatic rings. The maximum atomic E-state index is 14.8. The van der Waals surface area contributed by atoms with Crippen molar-refractivity contribution in [1.82, 2.24) is 0 Å². The van der Waals surface area contributed by atoms with Gasteiger partial charge in [0.05, 0.1) is 7.14 Å². The molecule has 0 N–H and O–H groups in total. The molecule has 2 nitrogen and oxygen atoms in total. The van der Waals surface area contributed by atoms with E-state index < -0.39 is 14.3 Å². The monoisotopic (exact) mass is 472 g/mol. The molecule has 4 aromatic carbocycles. The van der Waals surface area contributed by atoms with Gasteiger partial charge in [0.1, 0.15) is 7.14 Å². The molecule has 4 heteroatoms. The molecule has 4 rings (SSSR count). The summed E-state index contributed by atoms with van der Waals surface area (Å²) in [4.78, 5) is 0. The summed E-state index contributed by atoms with van der Waals surface area (Å²) in [5, 5.41) is 1.66. The summed E-state index contributed by atoms with van der Waals surface area (Å²) in [6.07, 6.45) is 1.45. The van der Waals surface area contributed by atoms with Crippen LogP contribution in [-0.4, -0.2) is 11.8 Å². The van der Waals surface area contributed by atoms with Gasteiger partial charge in [0, 0.05) is 34.8 Å². The fraction of sp³-hybridized carbons (Fsp3) is 0.172. The molecule has 0 saturated carbocycles.